The first-order valence-corrected chi connectivity index (χ1v) is 31.0. The Morgan fingerprint density at radius 2 is 1.44 bits per heavy atom. The van der Waals surface area contributed by atoms with E-state index in [2.05, 4.69) is 38.0 Å². The van der Waals surface area contributed by atoms with Crippen LogP contribution in [0.2, 0.25) is 0 Å². The molecule has 8 atom stereocenters. The molecule has 2 saturated heterocycles. The standard InChI is InChI=1S/C67H87F3N10O11.3ClH/c1-14-39(2)56(73-59(83)42(5)75(13)63(87)90-65(6,7)8)61(85)79-33-45-21-24-47(30-49(45)58(79)60(84)74-57-51(69)16-15-17-52(57)70)72-54(81)31-71-62(86)67(12)38-80(53-29-44(20-25-50(53)67)28-43-18-22-46(68)23-19-43)55(82)36-77-32-40(3)78(64(88)91-66(9,10)11)35-48(77)34-76-26-27-89-37-41(76)4;;;/h15-25,29-30,39-42,48,56,58H,14,26-28,31-38H2,1-13H3,(H,71,86)(H,72,81)(H,73,83)(H,74,84);3*1H/t39-,40+,41+,42-,48-,56-,58-,67+;;;/m0.../s1. The van der Waals surface area contributed by atoms with Crippen molar-refractivity contribution in [2.45, 2.75) is 155 Å². The third-order valence-electron chi connectivity index (χ3n) is 17.4. The van der Waals surface area contributed by atoms with Gasteiger partial charge in [-0.3, -0.25) is 43.5 Å². The first-order chi connectivity index (χ1) is 42.7. The van der Waals surface area contributed by atoms with Crippen molar-refractivity contribution in [3.63, 3.8) is 0 Å². The Kier molecular flexibility index (Phi) is 26.4. The van der Waals surface area contributed by atoms with Crippen molar-refractivity contribution in [1.82, 2.24) is 35.1 Å². The van der Waals surface area contributed by atoms with Gasteiger partial charge >= 0.3 is 12.2 Å². The third-order valence-corrected chi connectivity index (χ3v) is 17.4. The molecule has 0 spiro atoms. The highest BCUT2D eigenvalue weighted by Crippen LogP contribution is 2.43. The zero-order chi connectivity index (χ0) is 66.6. The molecule has 516 valence electrons. The normalized spacial score (nSPS) is 20.5. The number of benzene rings is 4. The van der Waals surface area contributed by atoms with E-state index < -0.39 is 106 Å². The quantitative estimate of drug-likeness (QED) is 0.0729. The van der Waals surface area contributed by atoms with E-state index in [4.69, 9.17) is 14.2 Å². The van der Waals surface area contributed by atoms with Crippen LogP contribution in [-0.2, 0) is 61.4 Å². The molecule has 27 heteroatoms. The summed E-state index contributed by atoms with van der Waals surface area (Å²) < 4.78 is 61.4. The predicted molar refractivity (Wildman–Crippen MR) is 358 cm³/mol. The average Bonchev–Trinajstić information content (AvgIpc) is 1.59. The summed E-state index contributed by atoms with van der Waals surface area (Å²) in [7, 11) is 1.38. The molecule has 94 heavy (non-hydrogen) atoms. The zero-order valence-electron chi connectivity index (χ0n) is 55.6. The maximum Gasteiger partial charge on any atom is 0.410 e. The fraction of sp³-hybridized carbons (Fsp3) is 0.522. The van der Waals surface area contributed by atoms with E-state index in [-0.39, 0.29) is 98.0 Å². The van der Waals surface area contributed by atoms with Crippen LogP contribution in [0.4, 0.5) is 39.8 Å². The molecule has 4 N–H and O–H groups in total. The van der Waals surface area contributed by atoms with Gasteiger partial charge in [0.15, 0.2) is 0 Å². The summed E-state index contributed by atoms with van der Waals surface area (Å²) in [6.45, 7) is 23.2. The average molecular weight is 1370 g/mol. The molecule has 0 unspecified atom stereocenters. The van der Waals surface area contributed by atoms with Crippen LogP contribution in [0.5, 0.6) is 0 Å². The summed E-state index contributed by atoms with van der Waals surface area (Å²) in [5.74, 6) is -7.04. The van der Waals surface area contributed by atoms with Crippen LogP contribution in [0.1, 0.15) is 123 Å². The molecule has 0 aliphatic carbocycles. The van der Waals surface area contributed by atoms with E-state index in [1.165, 1.54) is 43.1 Å². The molecular formula is C67H90Cl3F3N10O11. The van der Waals surface area contributed by atoms with Gasteiger partial charge in [0.2, 0.25) is 29.5 Å². The number of morpholine rings is 1. The lowest BCUT2D eigenvalue weighted by atomic mass is 9.83. The molecule has 21 nitrogen and oxygen atoms in total. The number of rotatable bonds is 18. The first kappa shape index (κ1) is 77.5. The van der Waals surface area contributed by atoms with Crippen molar-refractivity contribution in [2.75, 3.05) is 81.6 Å². The van der Waals surface area contributed by atoms with Gasteiger partial charge in [-0.1, -0.05) is 56.7 Å². The highest BCUT2D eigenvalue weighted by molar-refractivity contribution is 6.05. The summed E-state index contributed by atoms with van der Waals surface area (Å²) in [6.07, 6.45) is -0.447. The highest BCUT2D eigenvalue weighted by Gasteiger charge is 2.49. The van der Waals surface area contributed by atoms with Crippen molar-refractivity contribution in [3.05, 3.63) is 124 Å². The van der Waals surface area contributed by atoms with Gasteiger partial charge < -0.3 is 50.2 Å². The Hall–Kier alpha value is -7.22. The number of anilines is 3. The fourth-order valence-electron chi connectivity index (χ4n) is 11.9. The number of ether oxygens (including phenoxy) is 3. The number of amides is 8. The number of carbonyl (C=O) groups excluding carboxylic acids is 8. The van der Waals surface area contributed by atoms with Gasteiger partial charge in [-0.25, -0.2) is 22.8 Å². The second kappa shape index (κ2) is 32.0. The van der Waals surface area contributed by atoms with Crippen molar-refractivity contribution in [1.29, 1.82) is 0 Å². The van der Waals surface area contributed by atoms with Crippen LogP contribution in [-0.4, -0.2) is 180 Å². The van der Waals surface area contributed by atoms with Gasteiger partial charge in [0.05, 0.1) is 31.7 Å². The number of piperazine rings is 1. The van der Waals surface area contributed by atoms with Gasteiger partial charge in [0, 0.05) is 75.8 Å². The Balaban J connectivity index is 0.00000534. The van der Waals surface area contributed by atoms with Gasteiger partial charge in [-0.2, -0.15) is 0 Å². The third kappa shape index (κ3) is 18.4. The number of hydrogen-bond acceptors (Lipinski definition) is 13. The summed E-state index contributed by atoms with van der Waals surface area (Å²) in [4.78, 5) is 124. The molecule has 4 aliphatic rings. The Morgan fingerprint density at radius 1 is 0.787 bits per heavy atom. The molecule has 0 aromatic heterocycles. The van der Waals surface area contributed by atoms with Gasteiger partial charge in [-0.05, 0) is 152 Å². The highest BCUT2D eigenvalue weighted by atomic mass is 35.5. The minimum absolute atomic E-state index is 0. The molecule has 8 amide bonds. The summed E-state index contributed by atoms with van der Waals surface area (Å²) in [5, 5.41) is 10.6. The van der Waals surface area contributed by atoms with Crippen molar-refractivity contribution < 1.29 is 65.7 Å². The Morgan fingerprint density at radius 3 is 2.06 bits per heavy atom. The molecular weight excluding hydrogens is 1280 g/mol. The maximum absolute atomic E-state index is 15.2. The lowest BCUT2D eigenvalue weighted by Crippen LogP contribution is -2.64. The maximum atomic E-state index is 15.2. The summed E-state index contributed by atoms with van der Waals surface area (Å²) in [5.41, 5.74) is -0.351. The van der Waals surface area contributed by atoms with Crippen LogP contribution in [0, 0.1) is 23.4 Å². The summed E-state index contributed by atoms with van der Waals surface area (Å²) in [6, 6.07) is 14.8. The molecule has 8 rings (SSSR count). The van der Waals surface area contributed by atoms with Crippen molar-refractivity contribution >= 4 is 102 Å². The molecule has 4 aromatic rings. The van der Waals surface area contributed by atoms with E-state index in [0.29, 0.717) is 69.0 Å². The SMILES string of the molecule is CC[C@H](C)[C@H](NC(=O)[C@H](C)N(C)C(=O)OC(C)(C)C)C(=O)N1Cc2ccc(NC(=O)CNC(=O)[C@]3(C)CN(C(=O)CN4C[C@@H](C)N(C(=O)OC(C)(C)C)C[C@@H]4CN4CCOC[C@H]4C)c4cc(Cc5ccc(F)cc5)ccc43)cc2[C@H]1C(=O)Nc1c(F)cccc1F.Cl.Cl.Cl. The first-order valence-electron chi connectivity index (χ1n) is 31.0. The number of fused-ring (bicyclic) bond motifs is 2. The number of hydrogen-bond donors (Lipinski definition) is 4. The van der Waals surface area contributed by atoms with Gasteiger partial charge in [0.1, 0.15) is 52.5 Å². The lowest BCUT2D eigenvalue weighted by molar-refractivity contribution is -0.143. The van der Waals surface area contributed by atoms with Crippen molar-refractivity contribution in [2.24, 2.45) is 5.92 Å². The van der Waals surface area contributed by atoms with Crippen LogP contribution in [0.25, 0.3) is 0 Å². The van der Waals surface area contributed by atoms with E-state index in [0.717, 1.165) is 34.2 Å². The molecule has 4 aromatic carbocycles. The van der Waals surface area contributed by atoms with Crippen LogP contribution in [0.15, 0.2) is 78.9 Å². The van der Waals surface area contributed by atoms with Gasteiger partial charge in [0.25, 0.3) is 5.91 Å². The predicted octanol–water partition coefficient (Wildman–Crippen LogP) is 9.16. The number of likely N-dealkylation sites (N-methyl/N-ethyl adjacent to an activating group) is 1. The second-order valence-electron chi connectivity index (χ2n) is 26.7. The van der Waals surface area contributed by atoms with E-state index in [9.17, 15) is 38.0 Å². The largest absolute Gasteiger partial charge is 0.444 e. The van der Waals surface area contributed by atoms with Crippen molar-refractivity contribution in [3.8, 4) is 0 Å². The van der Waals surface area contributed by atoms with Crippen LogP contribution in [0.3, 0.4) is 0 Å². The van der Waals surface area contributed by atoms with E-state index in [1.54, 1.807) is 75.6 Å². The van der Waals surface area contributed by atoms with E-state index in [1.807, 2.05) is 39.8 Å². The number of nitrogens with zero attached hydrogens (tertiary/aromatic N) is 6. The second-order valence-corrected chi connectivity index (χ2v) is 26.7. The van der Waals surface area contributed by atoms with Crippen LogP contribution < -0.4 is 26.2 Å². The molecule has 0 saturated carbocycles. The number of halogens is 6. The smallest absolute Gasteiger partial charge is 0.410 e. The minimum Gasteiger partial charge on any atom is -0.444 e. The number of para-hydroxylation sites is 1. The molecule has 2 fully saturated rings. The molecule has 0 bridgehead atoms. The Bertz CT molecular complexity index is 3390. The number of nitrogens with one attached hydrogen (secondary N) is 4. The molecule has 0 radical (unpaired) electrons. The lowest BCUT2D eigenvalue weighted by Gasteiger charge is -2.47. The topological polar surface area (TPSA) is 232 Å². The fourth-order valence-corrected chi connectivity index (χ4v) is 11.9. The minimum atomic E-state index is -1.56. The number of carbonyl (C=O) groups is 8. The molecule has 4 aliphatic heterocycles. The van der Waals surface area contributed by atoms with Crippen LogP contribution >= 0.6 is 37.2 Å². The monoisotopic (exact) mass is 1370 g/mol. The summed E-state index contributed by atoms with van der Waals surface area (Å²) >= 11 is 0. The molecule has 4 heterocycles. The Labute approximate surface area is 567 Å². The zero-order valence-corrected chi connectivity index (χ0v) is 58.0. The van der Waals surface area contributed by atoms with Gasteiger partial charge in [-0.15, -0.1) is 37.2 Å². The van der Waals surface area contributed by atoms with E-state index >= 15 is 13.6 Å².